The minimum Gasteiger partial charge on any atom is -0.339 e. The van der Waals surface area contributed by atoms with Crippen molar-refractivity contribution in [1.82, 2.24) is 15.5 Å². The number of nitrogens with two attached hydrogens (primary N) is 1. The molecule has 2 bridgehead atoms. The van der Waals surface area contributed by atoms with Crippen LogP contribution < -0.4 is 11.1 Å². The lowest BCUT2D eigenvalue weighted by Gasteiger charge is -2.49. The maximum absolute atomic E-state index is 6.47. The van der Waals surface area contributed by atoms with E-state index in [-0.39, 0.29) is 16.4 Å². The van der Waals surface area contributed by atoms with Crippen molar-refractivity contribution in [1.29, 1.82) is 0 Å². The van der Waals surface area contributed by atoms with E-state index >= 15 is 0 Å². The summed E-state index contributed by atoms with van der Waals surface area (Å²) in [7, 11) is 0. The molecule has 2 aromatic rings. The Morgan fingerprint density at radius 3 is 2.39 bits per heavy atom. The highest BCUT2D eigenvalue weighted by atomic mass is 16.5. The highest BCUT2D eigenvalue weighted by Gasteiger charge is 2.53. The van der Waals surface area contributed by atoms with E-state index in [9.17, 15) is 0 Å². The van der Waals surface area contributed by atoms with Crippen molar-refractivity contribution in [2.24, 2.45) is 5.73 Å². The standard InChI is InChI=1S/C23H30N4O/c24-23-11-8-21(9-12-23,10-13-23)20-26-19(27-28-20)22(6-7-22)15-25-18-14-17(18)16-4-2-1-3-5-16/h1-5,17-18,25H,6-15,24H2/t17-,18+,21?,23?/m0/s1. The van der Waals surface area contributed by atoms with E-state index in [1.165, 1.54) is 24.8 Å². The zero-order valence-corrected chi connectivity index (χ0v) is 16.5. The van der Waals surface area contributed by atoms with Gasteiger partial charge < -0.3 is 15.6 Å². The van der Waals surface area contributed by atoms with Gasteiger partial charge in [0.25, 0.3) is 0 Å². The summed E-state index contributed by atoms with van der Waals surface area (Å²) in [6, 6.07) is 11.5. The molecule has 1 aromatic heterocycles. The average molecular weight is 379 g/mol. The molecule has 0 amide bonds. The zero-order valence-electron chi connectivity index (χ0n) is 16.5. The van der Waals surface area contributed by atoms with Crippen LogP contribution in [0.2, 0.25) is 0 Å². The van der Waals surface area contributed by atoms with E-state index in [0.717, 1.165) is 56.8 Å². The third-order valence-electron chi connectivity index (χ3n) is 8.23. The Hall–Kier alpha value is -1.72. The van der Waals surface area contributed by atoms with Crippen molar-refractivity contribution < 1.29 is 4.52 Å². The van der Waals surface area contributed by atoms with Gasteiger partial charge in [-0.2, -0.15) is 4.98 Å². The van der Waals surface area contributed by atoms with E-state index in [0.29, 0.717) is 12.0 Å². The van der Waals surface area contributed by atoms with Crippen LogP contribution in [0, 0.1) is 0 Å². The number of nitrogens with one attached hydrogen (secondary N) is 1. The molecule has 0 spiro atoms. The third kappa shape index (κ3) is 2.74. The second-order valence-corrected chi connectivity index (χ2v) is 10.1. The van der Waals surface area contributed by atoms with Gasteiger partial charge in [0.05, 0.1) is 0 Å². The molecule has 5 fully saturated rings. The molecule has 3 N–H and O–H groups in total. The molecule has 5 nitrogen and oxygen atoms in total. The van der Waals surface area contributed by atoms with Gasteiger partial charge in [-0.05, 0) is 63.4 Å². The highest BCUT2D eigenvalue weighted by Crippen LogP contribution is 2.53. The zero-order chi connectivity index (χ0) is 18.8. The smallest absolute Gasteiger partial charge is 0.232 e. The van der Waals surface area contributed by atoms with Crippen LogP contribution in [0.5, 0.6) is 0 Å². The first-order chi connectivity index (χ1) is 13.6. The Kier molecular flexibility index (Phi) is 3.61. The number of rotatable bonds is 6. The monoisotopic (exact) mass is 378 g/mol. The first-order valence-electron chi connectivity index (χ1n) is 11.0. The van der Waals surface area contributed by atoms with Gasteiger partial charge in [0, 0.05) is 34.9 Å². The predicted octanol–water partition coefficient (Wildman–Crippen LogP) is 3.55. The second kappa shape index (κ2) is 5.90. The van der Waals surface area contributed by atoms with Crippen LogP contribution in [-0.4, -0.2) is 28.3 Å². The Morgan fingerprint density at radius 1 is 1.00 bits per heavy atom. The lowest BCUT2D eigenvalue weighted by molar-refractivity contribution is 0.0805. The molecule has 0 unspecified atom stereocenters. The summed E-state index contributed by atoms with van der Waals surface area (Å²) < 4.78 is 5.87. The molecular weight excluding hydrogens is 348 g/mol. The molecule has 7 rings (SSSR count). The number of hydrogen-bond donors (Lipinski definition) is 2. The number of fused-ring (bicyclic) bond motifs is 3. The van der Waals surface area contributed by atoms with E-state index < -0.39 is 0 Å². The molecule has 28 heavy (non-hydrogen) atoms. The minimum absolute atomic E-state index is 0.0752. The minimum atomic E-state index is 0.0752. The number of aromatic nitrogens is 2. The predicted molar refractivity (Wildman–Crippen MR) is 107 cm³/mol. The summed E-state index contributed by atoms with van der Waals surface area (Å²) in [5, 5.41) is 8.26. The molecule has 148 valence electrons. The fourth-order valence-electron chi connectivity index (χ4n) is 5.64. The van der Waals surface area contributed by atoms with Gasteiger partial charge in [0.15, 0.2) is 5.82 Å². The summed E-state index contributed by atoms with van der Waals surface area (Å²) in [4.78, 5) is 4.98. The molecule has 5 saturated carbocycles. The second-order valence-electron chi connectivity index (χ2n) is 10.1. The van der Waals surface area contributed by atoms with Crippen molar-refractivity contribution in [3.8, 4) is 0 Å². The van der Waals surface area contributed by atoms with Crippen LogP contribution in [0.3, 0.4) is 0 Å². The van der Waals surface area contributed by atoms with Crippen molar-refractivity contribution in [2.75, 3.05) is 6.54 Å². The number of hydrogen-bond acceptors (Lipinski definition) is 5. The van der Waals surface area contributed by atoms with Gasteiger partial charge in [0.1, 0.15) is 0 Å². The summed E-state index contributed by atoms with van der Waals surface area (Å²) in [6.45, 7) is 0.971. The van der Waals surface area contributed by atoms with E-state index in [1.807, 2.05) is 0 Å². The Morgan fingerprint density at radius 2 is 1.71 bits per heavy atom. The fourth-order valence-corrected chi connectivity index (χ4v) is 5.64. The average Bonchev–Trinajstić information content (AvgIpc) is 3.65. The number of nitrogens with zero attached hydrogens (tertiary/aromatic N) is 2. The SMILES string of the molecule is NC12CCC(c3nc(C4(CN[C@@H]5C[C@H]5c5ccccc5)CC4)no3)(CC1)CC2. The van der Waals surface area contributed by atoms with E-state index in [1.54, 1.807) is 0 Å². The van der Waals surface area contributed by atoms with Crippen LogP contribution >= 0.6 is 0 Å². The molecule has 5 aliphatic carbocycles. The quantitative estimate of drug-likeness (QED) is 0.804. The molecule has 0 aliphatic heterocycles. The lowest BCUT2D eigenvalue weighted by atomic mass is 9.57. The molecule has 0 saturated heterocycles. The van der Waals surface area contributed by atoms with Crippen LogP contribution in [0.25, 0.3) is 0 Å². The van der Waals surface area contributed by atoms with Crippen LogP contribution in [-0.2, 0) is 10.8 Å². The molecule has 0 radical (unpaired) electrons. The van der Waals surface area contributed by atoms with Gasteiger partial charge >= 0.3 is 0 Å². The molecule has 5 aliphatic rings. The fraction of sp³-hybridized carbons (Fsp3) is 0.652. The van der Waals surface area contributed by atoms with E-state index in [2.05, 4.69) is 40.8 Å². The third-order valence-corrected chi connectivity index (χ3v) is 8.23. The van der Waals surface area contributed by atoms with Crippen molar-refractivity contribution in [2.45, 2.75) is 86.1 Å². The molecule has 2 atom stereocenters. The number of benzene rings is 1. The van der Waals surface area contributed by atoms with Gasteiger partial charge in [-0.1, -0.05) is 35.5 Å². The molecule has 1 heterocycles. The first-order valence-corrected chi connectivity index (χ1v) is 11.0. The van der Waals surface area contributed by atoms with Gasteiger partial charge in [-0.3, -0.25) is 0 Å². The molecular formula is C23H30N4O. The van der Waals surface area contributed by atoms with Crippen LogP contribution in [0.15, 0.2) is 34.9 Å². The van der Waals surface area contributed by atoms with Crippen LogP contribution in [0.1, 0.15) is 81.0 Å². The largest absolute Gasteiger partial charge is 0.339 e. The molecule has 5 heteroatoms. The maximum atomic E-state index is 6.47. The van der Waals surface area contributed by atoms with Gasteiger partial charge in [0.2, 0.25) is 5.89 Å². The highest BCUT2D eigenvalue weighted by molar-refractivity contribution is 5.28. The maximum Gasteiger partial charge on any atom is 0.232 e. The first kappa shape index (κ1) is 17.2. The van der Waals surface area contributed by atoms with Crippen molar-refractivity contribution >= 4 is 0 Å². The lowest BCUT2D eigenvalue weighted by Crippen LogP contribution is -2.53. The topological polar surface area (TPSA) is 77.0 Å². The van der Waals surface area contributed by atoms with Crippen molar-refractivity contribution in [3.05, 3.63) is 47.6 Å². The Bertz CT molecular complexity index is 847. The molecule has 1 aromatic carbocycles. The summed E-state index contributed by atoms with van der Waals surface area (Å²) >= 11 is 0. The Balaban J connectivity index is 1.12. The van der Waals surface area contributed by atoms with Gasteiger partial charge in [-0.25, -0.2) is 0 Å². The van der Waals surface area contributed by atoms with Crippen LogP contribution in [0.4, 0.5) is 0 Å². The Labute approximate surface area is 166 Å². The summed E-state index contributed by atoms with van der Waals surface area (Å²) in [5.41, 5.74) is 8.20. The summed E-state index contributed by atoms with van der Waals surface area (Å²) in [6.07, 6.45) is 10.2. The van der Waals surface area contributed by atoms with Gasteiger partial charge in [-0.15, -0.1) is 0 Å². The van der Waals surface area contributed by atoms with E-state index in [4.69, 9.17) is 15.2 Å². The summed E-state index contributed by atoms with van der Waals surface area (Å²) in [5.74, 6) is 2.50. The van der Waals surface area contributed by atoms with Crippen molar-refractivity contribution in [3.63, 3.8) is 0 Å². The normalized spacial score (nSPS) is 37.8.